The number of alkyl halides is 2. The predicted molar refractivity (Wildman–Crippen MR) is 35.2 cm³/mol. The summed E-state index contributed by atoms with van der Waals surface area (Å²) >= 11 is 0. The molecule has 1 rings (SSSR count). The van der Waals surface area contributed by atoms with E-state index in [0.29, 0.717) is 0 Å². The van der Waals surface area contributed by atoms with Gasteiger partial charge in [-0.1, -0.05) is 6.92 Å². The summed E-state index contributed by atoms with van der Waals surface area (Å²) in [4.78, 5) is 0. The van der Waals surface area contributed by atoms with Crippen molar-refractivity contribution >= 4 is 0 Å². The molecule has 0 aliphatic carbocycles. The Morgan fingerprint density at radius 1 is 1.64 bits per heavy atom. The maximum absolute atomic E-state index is 12.9. The maximum Gasteiger partial charge on any atom is 0.306 e. The molecule has 0 N–H and O–H groups in total. The molecule has 1 heterocycles. The van der Waals surface area contributed by atoms with E-state index in [1.54, 1.807) is 0 Å². The molecule has 0 atom stereocenters. The van der Waals surface area contributed by atoms with Gasteiger partial charge in [0.1, 0.15) is 6.33 Å². The second-order valence-electron chi connectivity index (χ2n) is 2.32. The zero-order valence-electron chi connectivity index (χ0n) is 6.38. The van der Waals surface area contributed by atoms with Crippen LogP contribution >= 0.6 is 0 Å². The molecule has 0 bridgehead atoms. The average molecular weight is 161 g/mol. The summed E-state index contributed by atoms with van der Waals surface area (Å²) in [5.41, 5.74) is 0. The Morgan fingerprint density at radius 2 is 2.27 bits per heavy atom. The zero-order valence-corrected chi connectivity index (χ0v) is 6.38. The molecular weight excluding hydrogens is 152 g/mol. The van der Waals surface area contributed by atoms with Gasteiger partial charge in [-0.15, -0.1) is 10.2 Å². The molecule has 0 fully saturated rings. The molecule has 0 amide bonds. The lowest BCUT2D eigenvalue weighted by molar-refractivity contribution is -0.0204. The van der Waals surface area contributed by atoms with Crippen molar-refractivity contribution in [2.24, 2.45) is 7.05 Å². The Kier molecular flexibility index (Phi) is 1.89. The molecular formula is C6H9F2N3. The summed E-state index contributed by atoms with van der Waals surface area (Å²) in [7, 11) is 1.50. The third-order valence-electron chi connectivity index (χ3n) is 1.48. The first-order chi connectivity index (χ1) is 5.08. The van der Waals surface area contributed by atoms with Gasteiger partial charge in [-0.05, 0) is 0 Å². The highest BCUT2D eigenvalue weighted by Crippen LogP contribution is 2.28. The van der Waals surface area contributed by atoms with Crippen molar-refractivity contribution in [3.63, 3.8) is 0 Å². The average Bonchev–Trinajstić information content (AvgIpc) is 2.36. The maximum atomic E-state index is 12.9. The summed E-state index contributed by atoms with van der Waals surface area (Å²) in [5, 5.41) is 6.69. The SMILES string of the molecule is CCC(F)(F)c1nncn1C. The van der Waals surface area contributed by atoms with Gasteiger partial charge in [-0.25, -0.2) is 0 Å². The molecule has 0 aliphatic rings. The first kappa shape index (κ1) is 8.10. The van der Waals surface area contributed by atoms with Gasteiger partial charge in [0.05, 0.1) is 0 Å². The van der Waals surface area contributed by atoms with Gasteiger partial charge in [0.15, 0.2) is 0 Å². The smallest absolute Gasteiger partial charge is 0.306 e. The van der Waals surface area contributed by atoms with E-state index < -0.39 is 5.92 Å². The molecule has 5 heteroatoms. The highest BCUT2D eigenvalue weighted by atomic mass is 19.3. The quantitative estimate of drug-likeness (QED) is 0.654. The fourth-order valence-corrected chi connectivity index (χ4v) is 0.772. The van der Waals surface area contributed by atoms with E-state index in [1.165, 1.54) is 24.9 Å². The van der Waals surface area contributed by atoms with Gasteiger partial charge >= 0.3 is 5.92 Å². The van der Waals surface area contributed by atoms with Crippen LogP contribution in [0.2, 0.25) is 0 Å². The van der Waals surface area contributed by atoms with Crippen LogP contribution in [0.1, 0.15) is 19.2 Å². The fourth-order valence-electron chi connectivity index (χ4n) is 0.772. The van der Waals surface area contributed by atoms with Crippen molar-refractivity contribution in [2.75, 3.05) is 0 Å². The Balaban J connectivity index is 3.00. The molecule has 3 nitrogen and oxygen atoms in total. The third kappa shape index (κ3) is 1.36. The minimum atomic E-state index is -2.86. The monoisotopic (exact) mass is 161 g/mol. The topological polar surface area (TPSA) is 30.7 Å². The van der Waals surface area contributed by atoms with Crippen molar-refractivity contribution in [1.29, 1.82) is 0 Å². The van der Waals surface area contributed by atoms with Crippen molar-refractivity contribution in [1.82, 2.24) is 14.8 Å². The molecule has 0 spiro atoms. The van der Waals surface area contributed by atoms with Crippen LogP contribution in [0.3, 0.4) is 0 Å². The number of aryl methyl sites for hydroxylation is 1. The summed E-state index contributed by atoms with van der Waals surface area (Å²) in [6.45, 7) is 1.41. The second kappa shape index (κ2) is 2.56. The van der Waals surface area contributed by atoms with Crippen molar-refractivity contribution < 1.29 is 8.78 Å². The van der Waals surface area contributed by atoms with Crippen LogP contribution < -0.4 is 0 Å². The number of aromatic nitrogens is 3. The van der Waals surface area contributed by atoms with Crippen molar-refractivity contribution in [2.45, 2.75) is 19.3 Å². The summed E-state index contributed by atoms with van der Waals surface area (Å²) in [5.74, 6) is -3.13. The standard InChI is InChI=1S/C6H9F2N3/c1-3-6(7,8)5-10-9-4-11(5)2/h4H,3H2,1-2H3. The van der Waals surface area contributed by atoms with Crippen LogP contribution in [0.15, 0.2) is 6.33 Å². The molecule has 0 aromatic carbocycles. The molecule has 0 saturated heterocycles. The van der Waals surface area contributed by atoms with Crippen LogP contribution in [0, 0.1) is 0 Å². The molecule has 62 valence electrons. The van der Waals surface area contributed by atoms with Crippen molar-refractivity contribution in [3.05, 3.63) is 12.2 Å². The summed E-state index contributed by atoms with van der Waals surface area (Å²) < 4.78 is 26.9. The Labute approximate surface area is 63.0 Å². The number of hydrogen-bond acceptors (Lipinski definition) is 2. The van der Waals surface area contributed by atoms with Gasteiger partial charge in [0.2, 0.25) is 5.82 Å². The Bertz CT molecular complexity index is 244. The van der Waals surface area contributed by atoms with Gasteiger partial charge in [-0.3, -0.25) is 0 Å². The van der Waals surface area contributed by atoms with Gasteiger partial charge in [-0.2, -0.15) is 8.78 Å². The van der Waals surface area contributed by atoms with Crippen LogP contribution in [0.25, 0.3) is 0 Å². The minimum Gasteiger partial charge on any atom is -0.316 e. The largest absolute Gasteiger partial charge is 0.316 e. The van der Waals surface area contributed by atoms with Gasteiger partial charge in [0, 0.05) is 13.5 Å². The minimum absolute atomic E-state index is 0.250. The summed E-state index contributed by atoms with van der Waals surface area (Å²) in [6, 6.07) is 0. The molecule has 0 radical (unpaired) electrons. The number of rotatable bonds is 2. The molecule has 0 saturated carbocycles. The molecule has 0 aliphatic heterocycles. The van der Waals surface area contributed by atoms with Crippen LogP contribution in [-0.2, 0) is 13.0 Å². The molecule has 1 aromatic heterocycles. The Morgan fingerprint density at radius 3 is 2.64 bits per heavy atom. The number of nitrogens with zero attached hydrogens (tertiary/aromatic N) is 3. The third-order valence-corrected chi connectivity index (χ3v) is 1.48. The molecule has 1 aromatic rings. The first-order valence-electron chi connectivity index (χ1n) is 3.30. The van der Waals surface area contributed by atoms with Crippen LogP contribution in [0.5, 0.6) is 0 Å². The van der Waals surface area contributed by atoms with Crippen LogP contribution in [-0.4, -0.2) is 14.8 Å². The number of halogens is 2. The predicted octanol–water partition coefficient (Wildman–Crippen LogP) is 1.32. The lowest BCUT2D eigenvalue weighted by Gasteiger charge is -2.11. The highest BCUT2D eigenvalue weighted by Gasteiger charge is 2.33. The molecule has 11 heavy (non-hydrogen) atoms. The van der Waals surface area contributed by atoms with E-state index in [1.807, 2.05) is 0 Å². The van der Waals surface area contributed by atoms with E-state index in [2.05, 4.69) is 10.2 Å². The van der Waals surface area contributed by atoms with Gasteiger partial charge < -0.3 is 4.57 Å². The van der Waals surface area contributed by atoms with E-state index in [-0.39, 0.29) is 12.2 Å². The molecule has 0 unspecified atom stereocenters. The highest BCUT2D eigenvalue weighted by molar-refractivity contribution is 4.94. The lowest BCUT2D eigenvalue weighted by Crippen LogP contribution is -2.17. The normalized spacial score (nSPS) is 12.0. The zero-order chi connectivity index (χ0) is 8.48. The van der Waals surface area contributed by atoms with Crippen molar-refractivity contribution in [3.8, 4) is 0 Å². The van der Waals surface area contributed by atoms with Crippen LogP contribution in [0.4, 0.5) is 8.78 Å². The second-order valence-corrected chi connectivity index (χ2v) is 2.32. The summed E-state index contributed by atoms with van der Waals surface area (Å²) in [6.07, 6.45) is 1.01. The van der Waals surface area contributed by atoms with Gasteiger partial charge in [0.25, 0.3) is 0 Å². The number of hydrogen-bond donors (Lipinski definition) is 0. The first-order valence-corrected chi connectivity index (χ1v) is 3.30. The Hall–Kier alpha value is -1.00. The van der Waals surface area contributed by atoms with E-state index in [9.17, 15) is 8.78 Å². The fraction of sp³-hybridized carbons (Fsp3) is 0.667. The lowest BCUT2D eigenvalue weighted by atomic mass is 10.2. The van der Waals surface area contributed by atoms with E-state index >= 15 is 0 Å². The van der Waals surface area contributed by atoms with E-state index in [4.69, 9.17) is 0 Å². The van der Waals surface area contributed by atoms with E-state index in [0.717, 1.165) is 0 Å².